The highest BCUT2D eigenvalue weighted by molar-refractivity contribution is 5.57. The standard InChI is InChI=1S/C22H27N5O2/c1-22(2,3)19-6-7-20(28)27(25-19)13-17-5-4-9-26(17)21-15(12-23)11-16-14-29-10-8-18(16)24-21/h6-7,11,17H,4-5,8-10,13-14H2,1-3H3. The van der Waals surface area contributed by atoms with Gasteiger partial charge < -0.3 is 9.64 Å². The molecule has 7 nitrogen and oxygen atoms in total. The summed E-state index contributed by atoms with van der Waals surface area (Å²) in [5.74, 6) is 0.732. The summed E-state index contributed by atoms with van der Waals surface area (Å²) in [4.78, 5) is 19.5. The predicted molar refractivity (Wildman–Crippen MR) is 110 cm³/mol. The fourth-order valence-corrected chi connectivity index (χ4v) is 4.06. The van der Waals surface area contributed by atoms with Crippen molar-refractivity contribution in [3.05, 3.63) is 51.1 Å². The third-order valence-corrected chi connectivity index (χ3v) is 5.70. The summed E-state index contributed by atoms with van der Waals surface area (Å²) in [6.07, 6.45) is 2.72. The molecule has 7 heteroatoms. The summed E-state index contributed by atoms with van der Waals surface area (Å²) in [6, 6.07) is 7.72. The molecule has 2 aliphatic rings. The van der Waals surface area contributed by atoms with Gasteiger partial charge in [-0.1, -0.05) is 20.8 Å². The van der Waals surface area contributed by atoms with Crippen LogP contribution in [0.2, 0.25) is 0 Å². The van der Waals surface area contributed by atoms with E-state index in [-0.39, 0.29) is 17.0 Å². The Kier molecular flexibility index (Phi) is 5.13. The average molecular weight is 393 g/mol. The Hall–Kier alpha value is -2.72. The largest absolute Gasteiger partial charge is 0.376 e. The number of rotatable bonds is 3. The fraction of sp³-hybridized carbons (Fsp3) is 0.545. The molecule has 0 aliphatic carbocycles. The molecule has 152 valence electrons. The van der Waals surface area contributed by atoms with Gasteiger partial charge in [-0.15, -0.1) is 0 Å². The monoisotopic (exact) mass is 393 g/mol. The molecule has 0 amide bonds. The zero-order valence-electron chi connectivity index (χ0n) is 17.3. The van der Waals surface area contributed by atoms with Crippen molar-refractivity contribution in [3.8, 4) is 6.07 Å². The lowest BCUT2D eigenvalue weighted by molar-refractivity contribution is 0.109. The Bertz CT molecular complexity index is 1020. The van der Waals surface area contributed by atoms with E-state index in [1.165, 1.54) is 0 Å². The average Bonchev–Trinajstić information content (AvgIpc) is 3.15. The third-order valence-electron chi connectivity index (χ3n) is 5.70. The number of pyridine rings is 1. The van der Waals surface area contributed by atoms with Crippen LogP contribution < -0.4 is 10.5 Å². The van der Waals surface area contributed by atoms with Crippen LogP contribution in [0.15, 0.2) is 23.0 Å². The van der Waals surface area contributed by atoms with Gasteiger partial charge in [-0.3, -0.25) is 4.79 Å². The van der Waals surface area contributed by atoms with Crippen LogP contribution in [0.3, 0.4) is 0 Å². The van der Waals surface area contributed by atoms with Crippen molar-refractivity contribution in [3.63, 3.8) is 0 Å². The number of nitriles is 1. The van der Waals surface area contributed by atoms with E-state index in [1.807, 2.05) is 12.1 Å². The van der Waals surface area contributed by atoms with Crippen LogP contribution in [-0.4, -0.2) is 34.0 Å². The molecule has 0 spiro atoms. The molecule has 29 heavy (non-hydrogen) atoms. The van der Waals surface area contributed by atoms with Crippen LogP contribution in [0.4, 0.5) is 5.82 Å². The fourth-order valence-electron chi connectivity index (χ4n) is 4.06. The quantitative estimate of drug-likeness (QED) is 0.797. The van der Waals surface area contributed by atoms with E-state index in [2.05, 4.69) is 36.8 Å². The van der Waals surface area contributed by atoms with Gasteiger partial charge in [0.25, 0.3) is 5.56 Å². The Labute approximate surface area is 170 Å². The first-order valence-electron chi connectivity index (χ1n) is 10.2. The van der Waals surface area contributed by atoms with Crippen molar-refractivity contribution in [2.45, 2.75) is 64.6 Å². The molecule has 0 saturated carbocycles. The Morgan fingerprint density at radius 2 is 2.17 bits per heavy atom. The van der Waals surface area contributed by atoms with E-state index in [1.54, 1.807) is 10.7 Å². The second-order valence-electron chi connectivity index (χ2n) is 8.86. The number of anilines is 1. The number of aromatic nitrogens is 3. The van der Waals surface area contributed by atoms with Gasteiger partial charge in [-0.2, -0.15) is 10.4 Å². The van der Waals surface area contributed by atoms with E-state index in [0.29, 0.717) is 25.3 Å². The van der Waals surface area contributed by atoms with E-state index in [4.69, 9.17) is 9.72 Å². The van der Waals surface area contributed by atoms with E-state index >= 15 is 0 Å². The van der Waals surface area contributed by atoms with Gasteiger partial charge in [-0.25, -0.2) is 9.67 Å². The van der Waals surface area contributed by atoms with Gasteiger partial charge in [0.2, 0.25) is 0 Å². The highest BCUT2D eigenvalue weighted by atomic mass is 16.5. The summed E-state index contributed by atoms with van der Waals surface area (Å²) in [7, 11) is 0. The topological polar surface area (TPSA) is 84.0 Å². The van der Waals surface area contributed by atoms with Crippen LogP contribution in [0, 0.1) is 11.3 Å². The summed E-state index contributed by atoms with van der Waals surface area (Å²) in [6.45, 7) is 8.77. The molecule has 0 aromatic carbocycles. The van der Waals surface area contributed by atoms with Crippen molar-refractivity contribution in [1.82, 2.24) is 14.8 Å². The smallest absolute Gasteiger partial charge is 0.266 e. The van der Waals surface area contributed by atoms with Gasteiger partial charge in [0, 0.05) is 30.0 Å². The lowest BCUT2D eigenvalue weighted by atomic mass is 9.92. The van der Waals surface area contributed by atoms with Gasteiger partial charge in [-0.05, 0) is 25.0 Å². The van der Waals surface area contributed by atoms with Gasteiger partial charge in [0.1, 0.15) is 11.9 Å². The molecule has 0 radical (unpaired) electrons. The summed E-state index contributed by atoms with van der Waals surface area (Å²) in [5.41, 5.74) is 3.27. The summed E-state index contributed by atoms with van der Waals surface area (Å²) < 4.78 is 7.07. The molecule has 2 aliphatic heterocycles. The van der Waals surface area contributed by atoms with E-state index in [9.17, 15) is 10.1 Å². The number of hydrogen-bond acceptors (Lipinski definition) is 6. The molecular weight excluding hydrogens is 366 g/mol. The molecule has 2 aromatic heterocycles. The molecule has 1 fully saturated rings. The highest BCUT2D eigenvalue weighted by Gasteiger charge is 2.30. The lowest BCUT2D eigenvalue weighted by Gasteiger charge is -2.29. The predicted octanol–water partition coefficient (Wildman–Crippen LogP) is 2.55. The molecule has 4 rings (SSSR count). The van der Waals surface area contributed by atoms with Crippen LogP contribution in [0.5, 0.6) is 0 Å². The Balaban J connectivity index is 1.66. The number of fused-ring (bicyclic) bond motifs is 1. The summed E-state index contributed by atoms with van der Waals surface area (Å²) in [5, 5.41) is 14.3. The molecular formula is C22H27N5O2. The third kappa shape index (κ3) is 3.90. The van der Waals surface area contributed by atoms with Crippen LogP contribution in [0.25, 0.3) is 0 Å². The molecule has 1 saturated heterocycles. The minimum absolute atomic E-state index is 0.0907. The molecule has 0 N–H and O–H groups in total. The maximum Gasteiger partial charge on any atom is 0.266 e. The van der Waals surface area contributed by atoms with E-state index in [0.717, 1.165) is 48.6 Å². The van der Waals surface area contributed by atoms with E-state index < -0.39 is 0 Å². The normalized spacial score (nSPS) is 19.1. The van der Waals surface area contributed by atoms with Gasteiger partial charge >= 0.3 is 0 Å². The van der Waals surface area contributed by atoms with Crippen molar-refractivity contribution in [2.24, 2.45) is 0 Å². The Morgan fingerprint density at radius 3 is 2.93 bits per heavy atom. The number of hydrogen-bond donors (Lipinski definition) is 0. The second-order valence-corrected chi connectivity index (χ2v) is 8.86. The first-order valence-corrected chi connectivity index (χ1v) is 10.2. The lowest BCUT2D eigenvalue weighted by Crippen LogP contribution is -2.39. The summed E-state index contributed by atoms with van der Waals surface area (Å²) >= 11 is 0. The van der Waals surface area contributed by atoms with Crippen LogP contribution in [-0.2, 0) is 29.7 Å². The minimum atomic E-state index is -0.124. The minimum Gasteiger partial charge on any atom is -0.376 e. The molecule has 2 aromatic rings. The van der Waals surface area contributed by atoms with Crippen LogP contribution in [0.1, 0.15) is 56.1 Å². The number of ether oxygens (including phenoxy) is 1. The zero-order chi connectivity index (χ0) is 20.6. The molecule has 0 bridgehead atoms. The molecule has 4 heterocycles. The first-order chi connectivity index (χ1) is 13.9. The van der Waals surface area contributed by atoms with Crippen molar-refractivity contribution in [2.75, 3.05) is 18.1 Å². The van der Waals surface area contributed by atoms with Gasteiger partial charge in [0.05, 0.1) is 42.8 Å². The SMILES string of the molecule is CC(C)(C)c1ccc(=O)n(CC2CCCN2c2nc3c(cc2C#N)COCC3)n1. The van der Waals surface area contributed by atoms with Crippen molar-refractivity contribution < 1.29 is 4.74 Å². The maximum atomic E-state index is 12.4. The van der Waals surface area contributed by atoms with Crippen molar-refractivity contribution in [1.29, 1.82) is 5.26 Å². The maximum absolute atomic E-state index is 12.4. The van der Waals surface area contributed by atoms with Gasteiger partial charge in [0.15, 0.2) is 0 Å². The first kappa shape index (κ1) is 19.6. The second kappa shape index (κ2) is 7.60. The zero-order valence-corrected chi connectivity index (χ0v) is 17.3. The highest BCUT2D eigenvalue weighted by Crippen LogP contribution is 2.30. The van der Waals surface area contributed by atoms with Crippen molar-refractivity contribution >= 4 is 5.82 Å². The number of nitrogens with zero attached hydrogens (tertiary/aromatic N) is 5. The van der Waals surface area contributed by atoms with Crippen LogP contribution >= 0.6 is 0 Å². The molecule has 1 atom stereocenters. The Morgan fingerprint density at radius 1 is 1.34 bits per heavy atom. The molecule has 1 unspecified atom stereocenters.